The Bertz CT molecular complexity index is 614. The number of hydrogen-bond donors (Lipinski definition) is 3. The molecule has 4 N–H and O–H groups in total. The number of nitrogen functional groups attached to an aromatic ring is 1. The third-order valence-corrected chi connectivity index (χ3v) is 3.20. The van der Waals surface area contributed by atoms with Crippen LogP contribution in [0.4, 0.5) is 5.82 Å². The SMILES string of the molecule is Cc1nc(N)c2ncn([C@@H]3O[C@H](CO)C[C@@H]3O)c2n1. The van der Waals surface area contributed by atoms with Gasteiger partial charge < -0.3 is 20.7 Å². The van der Waals surface area contributed by atoms with Gasteiger partial charge in [-0.15, -0.1) is 0 Å². The van der Waals surface area contributed by atoms with Crippen LogP contribution in [0.1, 0.15) is 18.5 Å². The molecule has 0 unspecified atom stereocenters. The van der Waals surface area contributed by atoms with Crippen LogP contribution in [0.5, 0.6) is 0 Å². The molecule has 3 atom stereocenters. The van der Waals surface area contributed by atoms with Crippen molar-refractivity contribution < 1.29 is 14.9 Å². The van der Waals surface area contributed by atoms with E-state index in [1.54, 1.807) is 11.5 Å². The number of imidazole rings is 1. The molecular formula is C11H15N5O3. The molecule has 2 aromatic heterocycles. The summed E-state index contributed by atoms with van der Waals surface area (Å²) in [7, 11) is 0. The van der Waals surface area contributed by atoms with E-state index in [2.05, 4.69) is 15.0 Å². The Hall–Kier alpha value is -1.77. The van der Waals surface area contributed by atoms with Crippen LogP contribution in [0.3, 0.4) is 0 Å². The van der Waals surface area contributed by atoms with E-state index in [-0.39, 0.29) is 12.7 Å². The molecule has 19 heavy (non-hydrogen) atoms. The third kappa shape index (κ3) is 1.93. The quantitative estimate of drug-likeness (QED) is 0.660. The second-order valence-corrected chi connectivity index (χ2v) is 4.61. The van der Waals surface area contributed by atoms with Gasteiger partial charge in [0.15, 0.2) is 17.7 Å². The number of hydrogen-bond acceptors (Lipinski definition) is 7. The number of aliphatic hydroxyl groups excluding tert-OH is 2. The van der Waals surface area contributed by atoms with Crippen molar-refractivity contribution >= 4 is 17.0 Å². The molecule has 1 aliphatic heterocycles. The molecule has 1 aliphatic rings. The van der Waals surface area contributed by atoms with Crippen LogP contribution in [-0.2, 0) is 4.74 Å². The average molecular weight is 265 g/mol. The Balaban J connectivity index is 2.06. The number of aliphatic hydroxyl groups is 2. The lowest BCUT2D eigenvalue weighted by molar-refractivity contribution is -0.0487. The smallest absolute Gasteiger partial charge is 0.167 e. The van der Waals surface area contributed by atoms with Crippen molar-refractivity contribution in [3.63, 3.8) is 0 Å². The van der Waals surface area contributed by atoms with Crippen molar-refractivity contribution in [3.05, 3.63) is 12.2 Å². The van der Waals surface area contributed by atoms with Gasteiger partial charge in [0.05, 0.1) is 19.0 Å². The largest absolute Gasteiger partial charge is 0.394 e. The van der Waals surface area contributed by atoms with E-state index in [4.69, 9.17) is 15.6 Å². The van der Waals surface area contributed by atoms with Gasteiger partial charge in [-0.1, -0.05) is 0 Å². The fourth-order valence-electron chi connectivity index (χ4n) is 2.34. The second kappa shape index (κ2) is 4.41. The maximum absolute atomic E-state index is 10.0. The topological polar surface area (TPSA) is 119 Å². The van der Waals surface area contributed by atoms with E-state index in [0.29, 0.717) is 29.2 Å². The number of aryl methyl sites for hydroxylation is 1. The highest BCUT2D eigenvalue weighted by molar-refractivity contribution is 5.81. The first-order valence-electron chi connectivity index (χ1n) is 6.01. The molecule has 0 amide bonds. The minimum atomic E-state index is -0.717. The van der Waals surface area contributed by atoms with E-state index >= 15 is 0 Å². The third-order valence-electron chi connectivity index (χ3n) is 3.20. The van der Waals surface area contributed by atoms with E-state index in [9.17, 15) is 5.11 Å². The van der Waals surface area contributed by atoms with Crippen LogP contribution in [-0.4, -0.2) is 48.5 Å². The van der Waals surface area contributed by atoms with Gasteiger partial charge in [-0.25, -0.2) is 15.0 Å². The van der Waals surface area contributed by atoms with E-state index in [0.717, 1.165) is 0 Å². The molecule has 3 rings (SSSR count). The predicted molar refractivity (Wildman–Crippen MR) is 66.1 cm³/mol. The van der Waals surface area contributed by atoms with Crippen LogP contribution in [0.2, 0.25) is 0 Å². The Labute approximate surface area is 108 Å². The summed E-state index contributed by atoms with van der Waals surface area (Å²) < 4.78 is 7.20. The fraction of sp³-hybridized carbons (Fsp3) is 0.545. The van der Waals surface area contributed by atoms with Crippen molar-refractivity contribution in [1.29, 1.82) is 0 Å². The molecule has 0 bridgehead atoms. The highest BCUT2D eigenvalue weighted by Gasteiger charge is 2.35. The van der Waals surface area contributed by atoms with Crippen LogP contribution in [0, 0.1) is 6.92 Å². The molecule has 8 heteroatoms. The summed E-state index contributed by atoms with van der Waals surface area (Å²) >= 11 is 0. The van der Waals surface area contributed by atoms with Gasteiger partial charge in [0.2, 0.25) is 0 Å². The van der Waals surface area contributed by atoms with Gasteiger partial charge in [0, 0.05) is 6.42 Å². The summed E-state index contributed by atoms with van der Waals surface area (Å²) in [6.07, 6.45) is 0.183. The molecule has 3 heterocycles. The lowest BCUT2D eigenvalue weighted by atomic mass is 10.2. The fourth-order valence-corrected chi connectivity index (χ4v) is 2.34. The van der Waals surface area contributed by atoms with E-state index in [1.807, 2.05) is 0 Å². The summed E-state index contributed by atoms with van der Waals surface area (Å²) in [5.41, 5.74) is 6.79. The summed E-state index contributed by atoms with van der Waals surface area (Å²) in [5.74, 6) is 0.824. The predicted octanol–water partition coefficient (Wildman–Crippen LogP) is -0.642. The number of ether oxygens (including phenoxy) is 1. The molecule has 102 valence electrons. The summed E-state index contributed by atoms with van der Waals surface area (Å²) in [6.45, 7) is 1.60. The molecule has 2 aromatic rings. The minimum Gasteiger partial charge on any atom is -0.394 e. The van der Waals surface area contributed by atoms with Crippen LogP contribution >= 0.6 is 0 Å². The molecule has 1 saturated heterocycles. The van der Waals surface area contributed by atoms with Crippen molar-refractivity contribution in [2.24, 2.45) is 0 Å². The zero-order valence-electron chi connectivity index (χ0n) is 10.4. The molecule has 0 saturated carbocycles. The number of nitrogens with zero attached hydrogens (tertiary/aromatic N) is 4. The number of aromatic nitrogens is 4. The van der Waals surface area contributed by atoms with Gasteiger partial charge in [-0.2, -0.15) is 0 Å². The first-order valence-corrected chi connectivity index (χ1v) is 6.01. The molecule has 1 fully saturated rings. The molecule has 0 aliphatic carbocycles. The van der Waals surface area contributed by atoms with Crippen molar-refractivity contribution in [1.82, 2.24) is 19.5 Å². The number of fused-ring (bicyclic) bond motifs is 1. The van der Waals surface area contributed by atoms with Crippen LogP contribution in [0.25, 0.3) is 11.2 Å². The Morgan fingerprint density at radius 3 is 3.00 bits per heavy atom. The Morgan fingerprint density at radius 1 is 1.53 bits per heavy atom. The summed E-state index contributed by atoms with van der Waals surface area (Å²) in [6, 6.07) is 0. The maximum atomic E-state index is 10.0. The first kappa shape index (κ1) is 12.3. The summed E-state index contributed by atoms with van der Waals surface area (Å²) in [5, 5.41) is 19.1. The lowest BCUT2D eigenvalue weighted by Gasteiger charge is -2.16. The first-order chi connectivity index (χ1) is 9.10. The normalized spacial score (nSPS) is 27.2. The van der Waals surface area contributed by atoms with Gasteiger partial charge in [0.25, 0.3) is 0 Å². The lowest BCUT2D eigenvalue weighted by Crippen LogP contribution is -2.19. The number of rotatable bonds is 2. The average Bonchev–Trinajstić information content (AvgIpc) is 2.92. The van der Waals surface area contributed by atoms with Crippen molar-refractivity contribution in [2.45, 2.75) is 31.8 Å². The zero-order chi connectivity index (χ0) is 13.6. The van der Waals surface area contributed by atoms with Crippen LogP contribution in [0.15, 0.2) is 6.33 Å². The molecule has 0 radical (unpaired) electrons. The van der Waals surface area contributed by atoms with Gasteiger partial charge in [-0.3, -0.25) is 4.57 Å². The number of anilines is 1. The standard InChI is InChI=1S/C11H15N5O3/c1-5-14-9(12)8-10(15-5)16(4-13-8)11-7(18)2-6(3-17)19-11/h4,6-7,11,17-18H,2-3H2,1H3,(H2,12,14,15)/t6-,7-,11+/m0/s1. The second-order valence-electron chi connectivity index (χ2n) is 4.61. The van der Waals surface area contributed by atoms with Gasteiger partial charge >= 0.3 is 0 Å². The zero-order valence-corrected chi connectivity index (χ0v) is 10.4. The summed E-state index contributed by atoms with van der Waals surface area (Å²) in [4.78, 5) is 12.5. The van der Waals surface area contributed by atoms with E-state index in [1.165, 1.54) is 6.33 Å². The molecular weight excluding hydrogens is 250 g/mol. The Morgan fingerprint density at radius 2 is 2.32 bits per heavy atom. The van der Waals surface area contributed by atoms with Crippen molar-refractivity contribution in [3.8, 4) is 0 Å². The monoisotopic (exact) mass is 265 g/mol. The molecule has 0 spiro atoms. The molecule has 8 nitrogen and oxygen atoms in total. The number of nitrogens with two attached hydrogens (primary N) is 1. The van der Waals surface area contributed by atoms with Crippen molar-refractivity contribution in [2.75, 3.05) is 12.3 Å². The Kier molecular flexibility index (Phi) is 2.85. The van der Waals surface area contributed by atoms with E-state index < -0.39 is 12.3 Å². The minimum absolute atomic E-state index is 0.129. The maximum Gasteiger partial charge on any atom is 0.167 e. The highest BCUT2D eigenvalue weighted by atomic mass is 16.5. The highest BCUT2D eigenvalue weighted by Crippen LogP contribution is 2.31. The van der Waals surface area contributed by atoms with Gasteiger partial charge in [-0.05, 0) is 6.92 Å². The van der Waals surface area contributed by atoms with Gasteiger partial charge in [0.1, 0.15) is 17.4 Å². The molecule has 0 aromatic carbocycles. The van der Waals surface area contributed by atoms with Crippen LogP contribution < -0.4 is 5.73 Å².